The number of nitrogens with one attached hydrogen (secondary N) is 1. The van der Waals surface area contributed by atoms with Crippen molar-refractivity contribution in [3.05, 3.63) is 12.2 Å². The molecule has 9 nitrogen and oxygen atoms in total. The zero-order valence-electron chi connectivity index (χ0n) is 29.0. The molecule has 0 aromatic heterocycles. The highest BCUT2D eigenvalue weighted by Crippen LogP contribution is 2.43. The van der Waals surface area contributed by atoms with E-state index in [1.54, 1.807) is 6.08 Å². The van der Waals surface area contributed by atoms with Crippen molar-refractivity contribution in [3.8, 4) is 0 Å². The normalized spacial score (nSPS) is 15.2. The van der Waals surface area contributed by atoms with Crippen molar-refractivity contribution >= 4 is 13.7 Å². The van der Waals surface area contributed by atoms with Gasteiger partial charge in [0.1, 0.15) is 0 Å². The molecule has 1 amide bonds. The van der Waals surface area contributed by atoms with Crippen LogP contribution < -0.4 is 11.1 Å². The van der Waals surface area contributed by atoms with Crippen LogP contribution in [0.3, 0.4) is 0 Å². The summed E-state index contributed by atoms with van der Waals surface area (Å²) in [5.41, 5.74) is 5.33. The first-order chi connectivity index (χ1) is 21.8. The molecule has 0 saturated heterocycles. The lowest BCUT2D eigenvalue weighted by molar-refractivity contribution is -0.124. The second kappa shape index (κ2) is 31.8. The van der Waals surface area contributed by atoms with Crippen LogP contribution in [0.25, 0.3) is 0 Å². The summed E-state index contributed by atoms with van der Waals surface area (Å²) < 4.78 is 21.9. The SMILES string of the molecule is CCCCCCCCCCCCCC/C=C/C(O)C(COP(=O)(O)OCCN)NC(=O)CC(O)CCCCCCCCCCC. The fourth-order valence-electron chi connectivity index (χ4n) is 5.35. The predicted octanol–water partition coefficient (Wildman–Crippen LogP) is 8.24. The average molecular weight is 663 g/mol. The van der Waals surface area contributed by atoms with Crippen LogP contribution in [0.2, 0.25) is 0 Å². The Kier molecular flexibility index (Phi) is 31.2. The Balaban J connectivity index is 4.47. The molecule has 0 spiro atoms. The molecule has 0 radical (unpaired) electrons. The third kappa shape index (κ3) is 30.3. The van der Waals surface area contributed by atoms with Gasteiger partial charge in [-0.25, -0.2) is 4.57 Å². The van der Waals surface area contributed by atoms with Crippen molar-refractivity contribution in [1.29, 1.82) is 0 Å². The fourth-order valence-corrected chi connectivity index (χ4v) is 6.11. The molecule has 268 valence electrons. The Morgan fingerprint density at radius 2 is 1.22 bits per heavy atom. The van der Waals surface area contributed by atoms with Crippen LogP contribution in [0.4, 0.5) is 0 Å². The number of carbonyl (C=O) groups excluding carboxylic acids is 1. The van der Waals surface area contributed by atoms with Gasteiger partial charge in [0.15, 0.2) is 0 Å². The molecule has 0 aliphatic carbocycles. The second-order valence-corrected chi connectivity index (χ2v) is 14.1. The summed E-state index contributed by atoms with van der Waals surface area (Å²) in [7, 11) is -4.38. The summed E-state index contributed by atoms with van der Waals surface area (Å²) in [5, 5.41) is 23.8. The lowest BCUT2D eigenvalue weighted by Crippen LogP contribution is -2.46. The number of rotatable bonds is 34. The van der Waals surface area contributed by atoms with Crippen molar-refractivity contribution < 1.29 is 33.5 Å². The van der Waals surface area contributed by atoms with Gasteiger partial charge in [-0.3, -0.25) is 13.8 Å². The summed E-state index contributed by atoms with van der Waals surface area (Å²) >= 11 is 0. The van der Waals surface area contributed by atoms with Gasteiger partial charge in [-0.15, -0.1) is 0 Å². The number of phosphoric ester groups is 1. The fraction of sp³-hybridized carbons (Fsp3) is 0.914. The van der Waals surface area contributed by atoms with Gasteiger partial charge in [-0.05, 0) is 19.3 Å². The number of hydrogen-bond donors (Lipinski definition) is 5. The van der Waals surface area contributed by atoms with Crippen LogP contribution in [0, 0.1) is 0 Å². The van der Waals surface area contributed by atoms with Crippen molar-refractivity contribution in [1.82, 2.24) is 5.32 Å². The molecule has 0 aromatic rings. The van der Waals surface area contributed by atoms with E-state index in [1.807, 2.05) is 6.08 Å². The standard InChI is InChI=1S/C35H71N2O7P/c1-3-5-7-9-11-13-14-15-16-17-19-21-23-25-27-34(39)33(31-44-45(41,42)43-29-28-36)37-35(40)30-32(38)26-24-22-20-18-12-10-8-6-4-2/h25,27,32-34,38-39H,3-24,26,28-31,36H2,1-2H3,(H,37,40)(H,41,42)/b27-25+. The maximum absolute atomic E-state index is 12.7. The summed E-state index contributed by atoms with van der Waals surface area (Å²) in [6, 6.07) is -0.974. The highest BCUT2D eigenvalue weighted by Gasteiger charge is 2.27. The Hall–Kier alpha value is -0.800. The molecule has 4 unspecified atom stereocenters. The number of aliphatic hydroxyl groups is 2. The topological polar surface area (TPSA) is 151 Å². The first-order valence-corrected chi connectivity index (χ1v) is 19.9. The molecule has 0 saturated carbocycles. The van der Waals surface area contributed by atoms with E-state index >= 15 is 0 Å². The highest BCUT2D eigenvalue weighted by atomic mass is 31.2. The summed E-state index contributed by atoms with van der Waals surface area (Å²) in [6.45, 7) is 3.93. The minimum Gasteiger partial charge on any atom is -0.393 e. The van der Waals surface area contributed by atoms with Crippen molar-refractivity contribution in [3.63, 3.8) is 0 Å². The molecule has 10 heteroatoms. The van der Waals surface area contributed by atoms with E-state index in [2.05, 4.69) is 19.2 Å². The third-order valence-electron chi connectivity index (χ3n) is 8.17. The molecular formula is C35H71N2O7P. The average Bonchev–Trinajstić information content (AvgIpc) is 3.01. The Morgan fingerprint density at radius 1 is 0.756 bits per heavy atom. The number of hydrogen-bond acceptors (Lipinski definition) is 7. The van der Waals surface area contributed by atoms with Crippen molar-refractivity contribution in [2.75, 3.05) is 19.8 Å². The first-order valence-electron chi connectivity index (χ1n) is 18.4. The first kappa shape index (κ1) is 44.2. The van der Waals surface area contributed by atoms with Gasteiger partial charge in [0.2, 0.25) is 5.91 Å². The quantitative estimate of drug-likeness (QED) is 0.0263. The van der Waals surface area contributed by atoms with E-state index in [9.17, 15) is 24.5 Å². The molecule has 0 aromatic carbocycles. The molecule has 45 heavy (non-hydrogen) atoms. The molecule has 0 aliphatic rings. The zero-order chi connectivity index (χ0) is 33.4. The summed E-state index contributed by atoms with van der Waals surface area (Å²) in [4.78, 5) is 22.6. The highest BCUT2D eigenvalue weighted by molar-refractivity contribution is 7.47. The van der Waals surface area contributed by atoms with Crippen LogP contribution >= 0.6 is 7.82 Å². The largest absolute Gasteiger partial charge is 0.472 e. The van der Waals surface area contributed by atoms with E-state index in [1.165, 1.54) is 103 Å². The molecule has 0 heterocycles. The van der Waals surface area contributed by atoms with Gasteiger partial charge in [0, 0.05) is 6.54 Å². The van der Waals surface area contributed by atoms with Gasteiger partial charge < -0.3 is 26.2 Å². The number of amides is 1. The van der Waals surface area contributed by atoms with Crippen LogP contribution in [-0.4, -0.2) is 59.0 Å². The van der Waals surface area contributed by atoms with Gasteiger partial charge in [0.05, 0.1) is 37.9 Å². The van der Waals surface area contributed by atoms with E-state index in [0.29, 0.717) is 6.42 Å². The van der Waals surface area contributed by atoms with Crippen molar-refractivity contribution in [2.24, 2.45) is 5.73 Å². The third-order valence-corrected chi connectivity index (χ3v) is 9.15. The molecule has 0 rings (SSSR count). The van der Waals surface area contributed by atoms with Crippen molar-refractivity contribution in [2.45, 2.75) is 186 Å². The Morgan fingerprint density at radius 3 is 1.71 bits per heavy atom. The molecule has 0 bridgehead atoms. The van der Waals surface area contributed by atoms with Crippen LogP contribution in [0.15, 0.2) is 12.2 Å². The minimum atomic E-state index is -4.38. The van der Waals surface area contributed by atoms with Gasteiger partial charge >= 0.3 is 7.82 Å². The number of unbranched alkanes of at least 4 members (excludes halogenated alkanes) is 20. The van der Waals surface area contributed by atoms with E-state index < -0.39 is 38.6 Å². The predicted molar refractivity (Wildman–Crippen MR) is 186 cm³/mol. The maximum atomic E-state index is 12.7. The zero-order valence-corrected chi connectivity index (χ0v) is 29.9. The monoisotopic (exact) mass is 662 g/mol. The maximum Gasteiger partial charge on any atom is 0.472 e. The molecule has 4 atom stereocenters. The number of aliphatic hydroxyl groups excluding tert-OH is 2. The Labute approximate surface area is 276 Å². The summed E-state index contributed by atoms with van der Waals surface area (Å²) in [5.74, 6) is -0.448. The van der Waals surface area contributed by atoms with E-state index in [-0.39, 0.29) is 19.6 Å². The molecule has 0 fully saturated rings. The lowest BCUT2D eigenvalue weighted by atomic mass is 10.0. The van der Waals surface area contributed by atoms with E-state index in [0.717, 1.165) is 38.5 Å². The number of nitrogens with two attached hydrogens (primary N) is 1. The van der Waals surface area contributed by atoms with Crippen LogP contribution in [0.1, 0.15) is 168 Å². The smallest absolute Gasteiger partial charge is 0.393 e. The second-order valence-electron chi connectivity index (χ2n) is 12.6. The van der Waals surface area contributed by atoms with E-state index in [4.69, 9.17) is 14.8 Å². The van der Waals surface area contributed by atoms with Gasteiger partial charge in [0.25, 0.3) is 0 Å². The number of carbonyl (C=O) groups is 1. The molecular weight excluding hydrogens is 591 g/mol. The molecule has 6 N–H and O–H groups in total. The number of phosphoric acid groups is 1. The van der Waals surface area contributed by atoms with Gasteiger partial charge in [-0.1, -0.05) is 154 Å². The number of allylic oxidation sites excluding steroid dienone is 1. The van der Waals surface area contributed by atoms with Gasteiger partial charge in [-0.2, -0.15) is 0 Å². The minimum absolute atomic E-state index is 0.0510. The van der Waals surface area contributed by atoms with Crippen LogP contribution in [-0.2, 0) is 18.4 Å². The summed E-state index contributed by atoms with van der Waals surface area (Å²) in [6.07, 6.45) is 28.7. The Bertz CT molecular complexity index is 741. The lowest BCUT2D eigenvalue weighted by Gasteiger charge is -2.24. The van der Waals surface area contributed by atoms with Crippen LogP contribution in [0.5, 0.6) is 0 Å². The molecule has 0 aliphatic heterocycles.